The smallest absolute Gasteiger partial charge is 0.356 e. The average molecular weight is 159 g/mol. The second-order valence-electron chi connectivity index (χ2n) is 1.69. The standard InChI is InChI=1S/C5H5NO3S/c1-3-5-4-6(2)10(7,8)9-5/h1,4H,2H3. The van der Waals surface area contributed by atoms with Crippen LogP contribution >= 0.6 is 0 Å². The molecule has 0 atom stereocenters. The van der Waals surface area contributed by atoms with Crippen molar-refractivity contribution in [1.82, 2.24) is 4.31 Å². The van der Waals surface area contributed by atoms with E-state index in [1.54, 1.807) is 0 Å². The number of hydrogen-bond acceptors (Lipinski definition) is 3. The second kappa shape index (κ2) is 1.92. The fraction of sp³-hybridized carbons (Fsp3) is 0.200. The summed E-state index contributed by atoms with van der Waals surface area (Å²) < 4.78 is 26.6. The molecular formula is C5H5NO3S. The SMILES string of the molecule is C#CC1=CN(C)S(=O)(=O)O1. The zero-order valence-corrected chi connectivity index (χ0v) is 6.05. The highest BCUT2D eigenvalue weighted by Gasteiger charge is 2.25. The first-order valence-corrected chi connectivity index (χ1v) is 3.78. The Morgan fingerprint density at radius 1 is 1.80 bits per heavy atom. The highest BCUT2D eigenvalue weighted by atomic mass is 32.2. The Hall–Kier alpha value is -1.15. The van der Waals surface area contributed by atoms with E-state index in [4.69, 9.17) is 6.42 Å². The van der Waals surface area contributed by atoms with Crippen molar-refractivity contribution in [2.75, 3.05) is 7.05 Å². The lowest BCUT2D eigenvalue weighted by atomic mass is 10.6. The van der Waals surface area contributed by atoms with Crippen molar-refractivity contribution in [2.24, 2.45) is 0 Å². The summed E-state index contributed by atoms with van der Waals surface area (Å²) in [6.07, 6.45) is 6.11. The summed E-state index contributed by atoms with van der Waals surface area (Å²) in [5, 5.41) is 0. The predicted molar refractivity (Wildman–Crippen MR) is 34.7 cm³/mol. The molecule has 10 heavy (non-hydrogen) atoms. The van der Waals surface area contributed by atoms with E-state index in [1.807, 2.05) is 0 Å². The summed E-state index contributed by atoms with van der Waals surface area (Å²) in [7, 11) is -2.24. The molecule has 0 unspecified atom stereocenters. The Labute approximate surface area is 59.3 Å². The van der Waals surface area contributed by atoms with Gasteiger partial charge >= 0.3 is 10.3 Å². The lowest BCUT2D eigenvalue weighted by Gasteiger charge is -2.02. The maximum atomic E-state index is 10.7. The topological polar surface area (TPSA) is 46.6 Å². The monoisotopic (exact) mass is 159 g/mol. The van der Waals surface area contributed by atoms with E-state index in [0.29, 0.717) is 0 Å². The van der Waals surface area contributed by atoms with E-state index < -0.39 is 10.3 Å². The molecule has 0 aromatic rings. The molecule has 0 aliphatic carbocycles. The van der Waals surface area contributed by atoms with Crippen LogP contribution in [0.3, 0.4) is 0 Å². The van der Waals surface area contributed by atoms with Crippen LogP contribution in [-0.4, -0.2) is 19.8 Å². The molecule has 0 aromatic carbocycles. The Balaban J connectivity index is 3.00. The summed E-state index contributed by atoms with van der Waals surface area (Å²) >= 11 is 0. The van der Waals surface area contributed by atoms with Gasteiger partial charge in [-0.25, -0.2) is 4.31 Å². The van der Waals surface area contributed by atoms with Gasteiger partial charge in [-0.05, 0) is 5.92 Å². The molecule has 1 rings (SSSR count). The predicted octanol–water partition coefficient (Wildman–Crippen LogP) is -0.332. The number of allylic oxidation sites excluding steroid dienone is 1. The Morgan fingerprint density at radius 3 is 2.60 bits per heavy atom. The Morgan fingerprint density at radius 2 is 2.40 bits per heavy atom. The minimum atomic E-state index is -3.59. The molecule has 0 saturated heterocycles. The van der Waals surface area contributed by atoms with Crippen LogP contribution in [0.2, 0.25) is 0 Å². The molecule has 0 radical (unpaired) electrons. The van der Waals surface area contributed by atoms with E-state index in [2.05, 4.69) is 10.1 Å². The minimum absolute atomic E-state index is 0.0162. The summed E-state index contributed by atoms with van der Waals surface area (Å²) in [5.41, 5.74) is 0. The number of rotatable bonds is 0. The summed E-state index contributed by atoms with van der Waals surface area (Å²) in [4.78, 5) is 0. The van der Waals surface area contributed by atoms with Crippen molar-refractivity contribution in [3.8, 4) is 12.3 Å². The van der Waals surface area contributed by atoms with E-state index in [-0.39, 0.29) is 5.76 Å². The van der Waals surface area contributed by atoms with E-state index in [0.717, 1.165) is 4.31 Å². The van der Waals surface area contributed by atoms with Gasteiger partial charge in [0.15, 0.2) is 0 Å². The van der Waals surface area contributed by atoms with Crippen LogP contribution in [0.4, 0.5) is 0 Å². The van der Waals surface area contributed by atoms with Crippen LogP contribution in [0.15, 0.2) is 12.0 Å². The second-order valence-corrected chi connectivity index (χ2v) is 3.29. The molecule has 0 aromatic heterocycles. The molecule has 0 saturated carbocycles. The van der Waals surface area contributed by atoms with Crippen LogP contribution in [0.5, 0.6) is 0 Å². The van der Waals surface area contributed by atoms with Crippen molar-refractivity contribution >= 4 is 10.3 Å². The maximum Gasteiger partial charge on any atom is 0.410 e. The molecule has 54 valence electrons. The minimum Gasteiger partial charge on any atom is -0.356 e. The summed E-state index contributed by atoms with van der Waals surface area (Å²) in [6.45, 7) is 0. The number of nitrogens with zero attached hydrogens (tertiary/aromatic N) is 1. The van der Waals surface area contributed by atoms with Crippen molar-refractivity contribution in [3.05, 3.63) is 12.0 Å². The highest BCUT2D eigenvalue weighted by molar-refractivity contribution is 7.84. The van der Waals surface area contributed by atoms with Crippen LogP contribution in [0, 0.1) is 12.3 Å². The summed E-state index contributed by atoms with van der Waals surface area (Å²) in [6, 6.07) is 0. The molecule has 0 N–H and O–H groups in total. The zero-order chi connectivity index (χ0) is 7.78. The van der Waals surface area contributed by atoms with E-state index in [9.17, 15) is 8.42 Å². The van der Waals surface area contributed by atoms with Crippen LogP contribution in [0.25, 0.3) is 0 Å². The number of terminal acetylenes is 1. The average Bonchev–Trinajstić information content (AvgIpc) is 2.08. The first-order chi connectivity index (χ1) is 4.56. The van der Waals surface area contributed by atoms with E-state index >= 15 is 0 Å². The summed E-state index contributed by atoms with van der Waals surface area (Å²) in [5.74, 6) is 2.08. The van der Waals surface area contributed by atoms with Crippen molar-refractivity contribution in [3.63, 3.8) is 0 Å². The van der Waals surface area contributed by atoms with Crippen LogP contribution in [0.1, 0.15) is 0 Å². The Bertz CT molecular complexity index is 308. The molecule has 1 aliphatic rings. The van der Waals surface area contributed by atoms with Gasteiger partial charge in [0, 0.05) is 7.05 Å². The fourth-order valence-corrected chi connectivity index (χ4v) is 1.15. The fourth-order valence-electron chi connectivity index (χ4n) is 0.485. The molecule has 1 heterocycles. The first kappa shape index (κ1) is 6.96. The molecule has 0 fully saturated rings. The molecule has 0 bridgehead atoms. The third kappa shape index (κ3) is 0.933. The quantitative estimate of drug-likeness (QED) is 0.454. The lowest BCUT2D eigenvalue weighted by Crippen LogP contribution is -2.16. The van der Waals surface area contributed by atoms with Gasteiger partial charge in [0.05, 0.1) is 6.20 Å². The first-order valence-electron chi connectivity index (χ1n) is 2.42. The third-order valence-corrected chi connectivity index (χ3v) is 2.19. The van der Waals surface area contributed by atoms with Gasteiger partial charge in [-0.2, -0.15) is 8.42 Å². The number of hydrogen-bond donors (Lipinski definition) is 0. The van der Waals surface area contributed by atoms with Gasteiger partial charge in [0.1, 0.15) is 0 Å². The van der Waals surface area contributed by atoms with Crippen molar-refractivity contribution in [1.29, 1.82) is 0 Å². The highest BCUT2D eigenvalue weighted by Crippen LogP contribution is 2.15. The van der Waals surface area contributed by atoms with Gasteiger partial charge in [0.2, 0.25) is 5.76 Å². The van der Waals surface area contributed by atoms with Gasteiger partial charge in [-0.3, -0.25) is 0 Å². The lowest BCUT2D eigenvalue weighted by molar-refractivity contribution is 0.415. The van der Waals surface area contributed by atoms with E-state index in [1.165, 1.54) is 13.2 Å². The van der Waals surface area contributed by atoms with Crippen molar-refractivity contribution in [2.45, 2.75) is 0 Å². The van der Waals surface area contributed by atoms with Gasteiger partial charge in [-0.15, -0.1) is 6.42 Å². The van der Waals surface area contributed by atoms with Gasteiger partial charge < -0.3 is 4.18 Å². The molecule has 4 nitrogen and oxygen atoms in total. The Kier molecular flexibility index (Phi) is 1.34. The van der Waals surface area contributed by atoms with Crippen molar-refractivity contribution < 1.29 is 12.6 Å². The van der Waals surface area contributed by atoms with Crippen LogP contribution < -0.4 is 0 Å². The molecule has 0 amide bonds. The zero-order valence-electron chi connectivity index (χ0n) is 5.23. The van der Waals surface area contributed by atoms with Gasteiger partial charge in [0.25, 0.3) is 0 Å². The third-order valence-electron chi connectivity index (χ3n) is 0.989. The molecule has 0 spiro atoms. The normalized spacial score (nSPS) is 21.2. The maximum absolute atomic E-state index is 10.7. The van der Waals surface area contributed by atoms with Crippen LogP contribution in [-0.2, 0) is 14.5 Å². The molecular weight excluding hydrogens is 154 g/mol. The van der Waals surface area contributed by atoms with Gasteiger partial charge in [-0.1, -0.05) is 0 Å². The largest absolute Gasteiger partial charge is 0.410 e. The molecule has 5 heteroatoms. The molecule has 1 aliphatic heterocycles.